The molecule has 3 heterocycles. The molecule has 8 N–H and O–H groups in total. The summed E-state index contributed by atoms with van der Waals surface area (Å²) in [5, 5.41) is 79.2. The summed E-state index contributed by atoms with van der Waals surface area (Å²) in [7, 11) is 1.06. The summed E-state index contributed by atoms with van der Waals surface area (Å²) in [5.41, 5.74) is -2.34. The molecule has 17 heteroatoms. The number of anilines is 1. The van der Waals surface area contributed by atoms with Gasteiger partial charge in [-0.05, 0) is 46.3 Å². The minimum atomic E-state index is -2.17. The molecule has 0 aromatic heterocycles. The first-order chi connectivity index (χ1) is 27.3. The molecule has 1 amide bonds. The fraction of sp³-hybridized carbons (Fsp3) is 0.500. The number of aliphatic hydroxyl groups excluding tert-OH is 4. The Morgan fingerprint density at radius 1 is 0.881 bits per heavy atom. The largest absolute Gasteiger partial charge is 0.505 e. The van der Waals surface area contributed by atoms with Crippen LogP contribution in [0.1, 0.15) is 83.8 Å². The summed E-state index contributed by atoms with van der Waals surface area (Å²) < 4.78 is 22.3. The summed E-state index contributed by atoms with van der Waals surface area (Å²) in [5.74, 6) is -9.51. The number of carboxylic acid groups (broad SMARTS) is 1. The quantitative estimate of drug-likeness (QED) is 0.121. The smallest absolute Gasteiger partial charge is 0.313 e. The standard InChI is InChI=1S/C40H51NO14.C2H4O2/c1-16-12-11-13-17(2)38(49)41-28-19(4)36(55-23(8)42)24-25(33(28)47)31(45)21(6)35-26(24)34(53-15-54-35)18(3)14-40(9,51)37(48)22(7)32(46)27(39(50)52-10)30(44)20(5)29(16)43;1-2(3)4/h11-14,16,20,22,27,29-30,32,37,43-44,46-48,51H,15H2,1-10H3,(H,41,49);1H3,(H,3,4)/b12-11-,17-13?,18-14?;. The van der Waals surface area contributed by atoms with E-state index in [-0.39, 0.29) is 61.9 Å². The zero-order valence-electron chi connectivity index (χ0n) is 34.9. The number of aliphatic carboxylic acids is 1. The fourth-order valence-electron chi connectivity index (χ4n) is 7.28. The van der Waals surface area contributed by atoms with E-state index in [1.54, 1.807) is 13.0 Å². The van der Waals surface area contributed by atoms with Crippen molar-refractivity contribution in [3.05, 3.63) is 69.2 Å². The highest BCUT2D eigenvalue weighted by Crippen LogP contribution is 2.53. The van der Waals surface area contributed by atoms with Crippen molar-refractivity contribution in [2.45, 2.75) is 99.3 Å². The lowest BCUT2D eigenvalue weighted by Gasteiger charge is -2.39. The van der Waals surface area contributed by atoms with Crippen molar-refractivity contribution in [3.8, 4) is 11.5 Å². The van der Waals surface area contributed by atoms with E-state index >= 15 is 0 Å². The van der Waals surface area contributed by atoms with Gasteiger partial charge in [-0.3, -0.25) is 24.0 Å². The summed E-state index contributed by atoms with van der Waals surface area (Å²) in [6, 6.07) is 0. The lowest BCUT2D eigenvalue weighted by atomic mass is 9.75. The van der Waals surface area contributed by atoms with Gasteiger partial charge in [-0.25, -0.2) is 0 Å². The number of hydrogen-bond acceptors (Lipinski definition) is 15. The van der Waals surface area contributed by atoms with Crippen molar-refractivity contribution in [1.82, 2.24) is 0 Å². The average molecular weight is 830 g/mol. The van der Waals surface area contributed by atoms with Gasteiger partial charge in [0.15, 0.2) is 11.5 Å². The van der Waals surface area contributed by atoms with E-state index in [0.717, 1.165) is 21.0 Å². The lowest BCUT2D eigenvalue weighted by molar-refractivity contribution is -0.168. The number of ether oxygens (including phenoxy) is 4. The first-order valence-corrected chi connectivity index (χ1v) is 18.7. The van der Waals surface area contributed by atoms with Gasteiger partial charge in [0.2, 0.25) is 6.79 Å². The fourth-order valence-corrected chi connectivity index (χ4v) is 7.28. The second kappa shape index (κ2) is 19.2. The number of nitrogens with one attached hydrogen (secondary N) is 1. The predicted molar refractivity (Wildman–Crippen MR) is 211 cm³/mol. The van der Waals surface area contributed by atoms with Gasteiger partial charge >= 0.3 is 11.9 Å². The Labute approximate surface area is 341 Å². The maximum atomic E-state index is 14.0. The molecular weight excluding hydrogens is 774 g/mol. The Balaban J connectivity index is 0.00000222. The summed E-state index contributed by atoms with van der Waals surface area (Å²) in [6.07, 6.45) is -0.878. The van der Waals surface area contributed by atoms with Crippen molar-refractivity contribution in [3.63, 3.8) is 0 Å². The van der Waals surface area contributed by atoms with Crippen LogP contribution in [0.25, 0.3) is 5.57 Å². The van der Waals surface area contributed by atoms with Crippen LogP contribution in [0.3, 0.4) is 0 Å². The number of carbonyl (C=O) groups excluding carboxylic acids is 4. The molecule has 4 aliphatic rings. The number of phenolic OH excluding ortho intramolecular Hbond substituents is 1. The number of fused-ring (bicyclic) bond motifs is 14. The Hall–Kier alpha value is -5.33. The van der Waals surface area contributed by atoms with Crippen LogP contribution in [0, 0.1) is 30.6 Å². The number of rotatable bonds is 2. The number of phenols is 1. The molecule has 0 saturated heterocycles. The van der Waals surface area contributed by atoms with E-state index in [1.807, 2.05) is 0 Å². The van der Waals surface area contributed by atoms with Gasteiger partial charge < -0.3 is 60.0 Å². The van der Waals surface area contributed by atoms with Gasteiger partial charge in [-0.2, -0.15) is 0 Å². The van der Waals surface area contributed by atoms with Crippen molar-refractivity contribution in [2.75, 3.05) is 19.2 Å². The highest BCUT2D eigenvalue weighted by molar-refractivity contribution is 6.21. The van der Waals surface area contributed by atoms with Gasteiger partial charge in [0.1, 0.15) is 28.8 Å². The normalized spacial score (nSPS) is 29.7. The molecule has 5 rings (SSSR count). The molecule has 3 aliphatic heterocycles. The molecule has 1 aromatic carbocycles. The molecule has 0 fully saturated rings. The molecule has 59 heavy (non-hydrogen) atoms. The van der Waals surface area contributed by atoms with Crippen LogP contribution >= 0.6 is 0 Å². The predicted octanol–water partition coefficient (Wildman–Crippen LogP) is 3.20. The number of amides is 1. The van der Waals surface area contributed by atoms with E-state index in [2.05, 4.69) is 5.32 Å². The van der Waals surface area contributed by atoms with Crippen molar-refractivity contribution >= 4 is 40.9 Å². The zero-order chi connectivity index (χ0) is 45.0. The average Bonchev–Trinajstić information content (AvgIpc) is 3.16. The summed E-state index contributed by atoms with van der Waals surface area (Å²) in [4.78, 5) is 62.0. The summed E-state index contributed by atoms with van der Waals surface area (Å²) >= 11 is 0. The Morgan fingerprint density at radius 2 is 1.44 bits per heavy atom. The van der Waals surface area contributed by atoms with E-state index < -0.39 is 95.8 Å². The van der Waals surface area contributed by atoms with Crippen molar-refractivity contribution in [2.24, 2.45) is 23.7 Å². The number of benzene rings is 1. The zero-order valence-corrected chi connectivity index (χ0v) is 34.9. The third-order valence-electron chi connectivity index (χ3n) is 10.6. The maximum absolute atomic E-state index is 14.0. The molecular formula is C42H55NO16. The lowest BCUT2D eigenvalue weighted by Crippen LogP contribution is -2.53. The van der Waals surface area contributed by atoms with Gasteiger partial charge in [-0.1, -0.05) is 39.0 Å². The van der Waals surface area contributed by atoms with E-state index in [1.165, 1.54) is 66.7 Å². The van der Waals surface area contributed by atoms with E-state index in [9.17, 15) is 49.8 Å². The number of aliphatic hydroxyl groups is 5. The number of aromatic hydroxyl groups is 1. The number of carboxylic acids is 1. The minimum Gasteiger partial charge on any atom is -0.505 e. The molecule has 4 bridgehead atoms. The number of Topliss-reactive ketones (excluding diaryl/α,β-unsaturated/α-hetero) is 1. The third-order valence-corrected chi connectivity index (χ3v) is 10.6. The number of ketones is 1. The molecule has 17 nitrogen and oxygen atoms in total. The molecule has 324 valence electrons. The van der Waals surface area contributed by atoms with Gasteiger partial charge in [-0.15, -0.1) is 0 Å². The number of carbonyl (C=O) groups is 5. The molecule has 9 atom stereocenters. The number of esters is 2. The van der Waals surface area contributed by atoms with Crippen molar-refractivity contribution < 1.29 is 78.7 Å². The molecule has 9 unspecified atom stereocenters. The van der Waals surface area contributed by atoms with Crippen LogP contribution in [0.4, 0.5) is 5.69 Å². The van der Waals surface area contributed by atoms with Crippen LogP contribution in [0.5, 0.6) is 11.5 Å². The second-order valence-corrected chi connectivity index (χ2v) is 15.2. The maximum Gasteiger partial charge on any atom is 0.313 e. The van der Waals surface area contributed by atoms with Gasteiger partial charge in [0.05, 0.1) is 48.3 Å². The number of allylic oxidation sites excluding steroid dienone is 5. The Kier molecular flexibility index (Phi) is 15.6. The van der Waals surface area contributed by atoms with Gasteiger partial charge in [0.25, 0.3) is 11.9 Å². The monoisotopic (exact) mass is 829 g/mol. The molecule has 0 spiro atoms. The van der Waals surface area contributed by atoms with Crippen LogP contribution in [-0.2, 0) is 33.4 Å². The van der Waals surface area contributed by atoms with Crippen LogP contribution in [-0.4, -0.2) is 109 Å². The Bertz CT molecular complexity index is 2020. The van der Waals surface area contributed by atoms with E-state index in [4.69, 9.17) is 28.8 Å². The van der Waals surface area contributed by atoms with Crippen LogP contribution < -0.4 is 10.1 Å². The van der Waals surface area contributed by atoms with Crippen LogP contribution in [0.2, 0.25) is 0 Å². The Morgan fingerprint density at radius 3 is 2.00 bits per heavy atom. The molecule has 0 radical (unpaired) electrons. The van der Waals surface area contributed by atoms with Gasteiger partial charge in [0, 0.05) is 53.9 Å². The summed E-state index contributed by atoms with van der Waals surface area (Å²) in [6.45, 7) is 13.4. The number of hydrogen-bond donors (Lipinski definition) is 8. The third kappa shape index (κ3) is 10.1. The first kappa shape index (κ1) is 48.0. The molecule has 1 aliphatic carbocycles. The van der Waals surface area contributed by atoms with E-state index in [0.29, 0.717) is 0 Å². The second-order valence-electron chi connectivity index (χ2n) is 15.2. The van der Waals surface area contributed by atoms with Crippen molar-refractivity contribution in [1.29, 1.82) is 0 Å². The van der Waals surface area contributed by atoms with Crippen LogP contribution in [0.15, 0.2) is 52.5 Å². The topological polar surface area (TPSA) is 276 Å². The number of methoxy groups -OCH3 is 1. The highest BCUT2D eigenvalue weighted by Gasteiger charge is 2.47. The minimum absolute atomic E-state index is 0.00256. The molecule has 1 aromatic rings. The SMILES string of the molecule is CC(=O)O.COC(=O)C1C(O)C(C)C(O)C(C)/C=C\C=C(C)C(=O)Nc2c(C)c(OC(C)=O)c3c(c2O)C(=O)C(C)=C2OCOC(=C23)C(C)=CC(C)(O)C(O)C(C)C1O. The highest BCUT2D eigenvalue weighted by atomic mass is 16.7. The molecule has 0 saturated carbocycles. The first-order valence-electron chi connectivity index (χ1n) is 18.7.